The Morgan fingerprint density at radius 2 is 1.92 bits per heavy atom. The maximum Gasteiger partial charge on any atom is 0.310 e. The quantitative estimate of drug-likeness (QED) is 0.596. The molecule has 0 saturated heterocycles. The topological polar surface area (TPSA) is 81.7 Å². The van der Waals surface area contributed by atoms with Crippen LogP contribution in [0.15, 0.2) is 18.2 Å². The summed E-state index contributed by atoms with van der Waals surface area (Å²) in [5.41, 5.74) is 1.06. The first-order chi connectivity index (χ1) is 12.4. The summed E-state index contributed by atoms with van der Waals surface area (Å²) in [7, 11) is 1.50. The molecule has 1 aliphatic rings. The smallest absolute Gasteiger partial charge is 0.310 e. The summed E-state index contributed by atoms with van der Waals surface area (Å²) in [4.78, 5) is 35.6. The molecule has 1 fully saturated rings. The number of esters is 1. The highest BCUT2D eigenvalue weighted by molar-refractivity contribution is 5.94. The number of rotatable bonds is 7. The van der Waals surface area contributed by atoms with Crippen LogP contribution in [0.2, 0.25) is 0 Å². The molecule has 0 aromatic heterocycles. The summed E-state index contributed by atoms with van der Waals surface area (Å²) < 4.78 is 10.3. The van der Waals surface area contributed by atoms with Gasteiger partial charge < -0.3 is 14.8 Å². The Hall–Kier alpha value is -2.37. The summed E-state index contributed by atoms with van der Waals surface area (Å²) in [6, 6.07) is 5.07. The first-order valence-electron chi connectivity index (χ1n) is 9.03. The van der Waals surface area contributed by atoms with Crippen LogP contribution in [-0.2, 0) is 20.7 Å². The second-order valence-electron chi connectivity index (χ2n) is 6.86. The van der Waals surface area contributed by atoms with Gasteiger partial charge in [0.05, 0.1) is 13.5 Å². The van der Waals surface area contributed by atoms with Crippen molar-refractivity contribution in [3.8, 4) is 5.75 Å². The standard InChI is InChI=1S/C20H27NO5/c1-13-6-4-5-7-17(13)21-19(23)12-26-20(24)11-16-10-15(14(2)22)8-9-18(16)25-3/h8-10,13,17H,4-7,11-12H2,1-3H3,(H,21,23)/t13-,17-/m1/s1. The molecule has 6 nitrogen and oxygen atoms in total. The van der Waals surface area contributed by atoms with Crippen LogP contribution in [0.5, 0.6) is 5.75 Å². The molecule has 0 aliphatic heterocycles. The van der Waals surface area contributed by atoms with E-state index in [4.69, 9.17) is 9.47 Å². The van der Waals surface area contributed by atoms with E-state index in [-0.39, 0.29) is 30.8 Å². The number of methoxy groups -OCH3 is 1. The van der Waals surface area contributed by atoms with E-state index in [2.05, 4.69) is 12.2 Å². The molecule has 1 saturated carbocycles. The minimum atomic E-state index is -0.532. The lowest BCUT2D eigenvalue weighted by Crippen LogP contribution is -2.43. The predicted molar refractivity (Wildman–Crippen MR) is 97.2 cm³/mol. The monoisotopic (exact) mass is 361 g/mol. The average Bonchev–Trinajstić information content (AvgIpc) is 2.62. The Balaban J connectivity index is 1.87. The van der Waals surface area contributed by atoms with Gasteiger partial charge in [0.15, 0.2) is 12.4 Å². The van der Waals surface area contributed by atoms with E-state index < -0.39 is 5.97 Å². The molecule has 1 aromatic carbocycles. The fourth-order valence-corrected chi connectivity index (χ4v) is 3.27. The lowest BCUT2D eigenvalue weighted by atomic mass is 9.86. The SMILES string of the molecule is COc1ccc(C(C)=O)cc1CC(=O)OCC(=O)N[C@@H]1CCCC[C@H]1C. The summed E-state index contributed by atoms with van der Waals surface area (Å²) >= 11 is 0. The van der Waals surface area contributed by atoms with E-state index in [1.807, 2.05) is 0 Å². The van der Waals surface area contributed by atoms with Crippen molar-refractivity contribution in [1.29, 1.82) is 0 Å². The second-order valence-corrected chi connectivity index (χ2v) is 6.86. The van der Waals surface area contributed by atoms with E-state index in [0.29, 0.717) is 22.8 Å². The number of hydrogen-bond acceptors (Lipinski definition) is 5. The minimum Gasteiger partial charge on any atom is -0.496 e. The normalized spacial score (nSPS) is 19.5. The number of nitrogens with one attached hydrogen (secondary N) is 1. The Bertz CT molecular complexity index is 670. The molecule has 0 unspecified atom stereocenters. The number of ketones is 1. The van der Waals surface area contributed by atoms with Crippen molar-refractivity contribution < 1.29 is 23.9 Å². The van der Waals surface area contributed by atoms with E-state index in [1.54, 1.807) is 18.2 Å². The fraction of sp³-hybridized carbons (Fsp3) is 0.550. The first-order valence-corrected chi connectivity index (χ1v) is 9.03. The third-order valence-electron chi connectivity index (χ3n) is 4.84. The van der Waals surface area contributed by atoms with Crippen LogP contribution in [0.25, 0.3) is 0 Å². The first kappa shape index (κ1) is 19.9. The molecular weight excluding hydrogens is 334 g/mol. The highest BCUT2D eigenvalue weighted by Crippen LogP contribution is 2.24. The number of benzene rings is 1. The van der Waals surface area contributed by atoms with Crippen LogP contribution in [0.4, 0.5) is 0 Å². The predicted octanol–water partition coefficient (Wildman–Crippen LogP) is 2.68. The van der Waals surface area contributed by atoms with Crippen LogP contribution in [0.3, 0.4) is 0 Å². The van der Waals surface area contributed by atoms with Gasteiger partial charge in [-0.25, -0.2) is 0 Å². The number of amides is 1. The van der Waals surface area contributed by atoms with Crippen LogP contribution in [0, 0.1) is 5.92 Å². The van der Waals surface area contributed by atoms with E-state index in [9.17, 15) is 14.4 Å². The Morgan fingerprint density at radius 1 is 1.19 bits per heavy atom. The lowest BCUT2D eigenvalue weighted by Gasteiger charge is -2.29. The molecule has 2 rings (SSSR count). The van der Waals surface area contributed by atoms with Crippen molar-refractivity contribution in [2.45, 2.75) is 52.0 Å². The van der Waals surface area contributed by atoms with Gasteiger partial charge in [0.25, 0.3) is 5.91 Å². The van der Waals surface area contributed by atoms with E-state index in [0.717, 1.165) is 19.3 Å². The van der Waals surface area contributed by atoms with Crippen molar-refractivity contribution in [1.82, 2.24) is 5.32 Å². The minimum absolute atomic E-state index is 0.0581. The molecule has 2 atom stereocenters. The summed E-state index contributed by atoms with van der Waals surface area (Å²) in [5, 5.41) is 2.95. The average molecular weight is 361 g/mol. The third kappa shape index (κ3) is 5.58. The number of carbonyl (C=O) groups excluding carboxylic acids is 3. The summed E-state index contributed by atoms with van der Waals surface area (Å²) in [6.07, 6.45) is 4.33. The number of hydrogen-bond donors (Lipinski definition) is 1. The Morgan fingerprint density at radius 3 is 2.58 bits per heavy atom. The summed E-state index contributed by atoms with van der Waals surface area (Å²) in [5.74, 6) is 0.0510. The highest BCUT2D eigenvalue weighted by Gasteiger charge is 2.23. The molecule has 26 heavy (non-hydrogen) atoms. The molecule has 1 aromatic rings. The maximum absolute atomic E-state index is 12.1. The molecule has 0 heterocycles. The Kier molecular flexibility index (Phi) is 7.18. The molecule has 0 radical (unpaired) electrons. The highest BCUT2D eigenvalue weighted by atomic mass is 16.5. The molecular formula is C20H27NO5. The molecule has 1 aliphatic carbocycles. The number of carbonyl (C=O) groups is 3. The van der Waals surface area contributed by atoms with Gasteiger partial charge in [-0.05, 0) is 43.9 Å². The second kappa shape index (κ2) is 9.36. The van der Waals surface area contributed by atoms with Crippen LogP contribution in [-0.4, -0.2) is 37.4 Å². The molecule has 6 heteroatoms. The van der Waals surface area contributed by atoms with Gasteiger partial charge in [-0.15, -0.1) is 0 Å². The molecule has 0 bridgehead atoms. The maximum atomic E-state index is 12.1. The fourth-order valence-electron chi connectivity index (χ4n) is 3.27. The van der Waals surface area contributed by atoms with Gasteiger partial charge in [0, 0.05) is 17.2 Å². The largest absolute Gasteiger partial charge is 0.496 e. The zero-order chi connectivity index (χ0) is 19.1. The van der Waals surface area contributed by atoms with Crippen LogP contribution < -0.4 is 10.1 Å². The van der Waals surface area contributed by atoms with E-state index in [1.165, 1.54) is 20.5 Å². The lowest BCUT2D eigenvalue weighted by molar-refractivity contribution is -0.148. The van der Waals surface area contributed by atoms with Crippen molar-refractivity contribution in [3.05, 3.63) is 29.3 Å². The number of ether oxygens (including phenoxy) is 2. The zero-order valence-corrected chi connectivity index (χ0v) is 15.7. The van der Waals surface area contributed by atoms with Crippen LogP contribution >= 0.6 is 0 Å². The van der Waals surface area contributed by atoms with Gasteiger partial charge in [-0.2, -0.15) is 0 Å². The Labute approximate surface area is 154 Å². The van der Waals surface area contributed by atoms with Gasteiger partial charge in [-0.3, -0.25) is 14.4 Å². The van der Waals surface area contributed by atoms with Gasteiger partial charge in [0.1, 0.15) is 5.75 Å². The number of Topliss-reactive ketones (excluding diaryl/α,β-unsaturated/α-hetero) is 1. The molecule has 1 amide bonds. The molecule has 0 spiro atoms. The van der Waals surface area contributed by atoms with Gasteiger partial charge in [0.2, 0.25) is 0 Å². The van der Waals surface area contributed by atoms with Gasteiger partial charge >= 0.3 is 5.97 Å². The van der Waals surface area contributed by atoms with Crippen molar-refractivity contribution in [2.24, 2.45) is 5.92 Å². The van der Waals surface area contributed by atoms with Crippen LogP contribution in [0.1, 0.15) is 55.5 Å². The molecule has 142 valence electrons. The molecule has 1 N–H and O–H groups in total. The summed E-state index contributed by atoms with van der Waals surface area (Å²) in [6.45, 7) is 3.29. The zero-order valence-electron chi connectivity index (χ0n) is 15.7. The van der Waals surface area contributed by atoms with Gasteiger partial charge in [-0.1, -0.05) is 19.8 Å². The van der Waals surface area contributed by atoms with Crippen molar-refractivity contribution in [3.63, 3.8) is 0 Å². The van der Waals surface area contributed by atoms with E-state index >= 15 is 0 Å². The third-order valence-corrected chi connectivity index (χ3v) is 4.84. The van der Waals surface area contributed by atoms with Crippen molar-refractivity contribution >= 4 is 17.7 Å². The van der Waals surface area contributed by atoms with Crippen molar-refractivity contribution in [2.75, 3.05) is 13.7 Å².